The lowest BCUT2D eigenvalue weighted by Gasteiger charge is -2.10. The summed E-state index contributed by atoms with van der Waals surface area (Å²) in [5.74, 6) is -0.461. The number of hydrogen-bond acceptors (Lipinski definition) is 3. The van der Waals surface area contributed by atoms with Crippen molar-refractivity contribution in [2.75, 3.05) is 12.8 Å². The summed E-state index contributed by atoms with van der Waals surface area (Å²) in [4.78, 5) is 11.4. The molecule has 0 aliphatic rings. The number of carbonyl (C=O) groups is 1. The number of ether oxygens (including phenoxy) is 1. The van der Waals surface area contributed by atoms with Crippen molar-refractivity contribution in [1.82, 2.24) is 0 Å². The maximum atomic E-state index is 11.4. The van der Waals surface area contributed by atoms with Gasteiger partial charge in [-0.1, -0.05) is 11.6 Å². The molecule has 0 saturated heterocycles. The lowest BCUT2D eigenvalue weighted by Crippen LogP contribution is -2.08. The van der Waals surface area contributed by atoms with E-state index in [-0.39, 0.29) is 0 Å². The predicted molar refractivity (Wildman–Crippen MR) is 59.6 cm³/mol. The summed E-state index contributed by atoms with van der Waals surface area (Å²) in [7, 11) is 1.31. The molecular weight excluding hydrogens is 269 g/mol. The highest BCUT2D eigenvalue weighted by molar-refractivity contribution is 9.10. The van der Waals surface area contributed by atoms with Gasteiger partial charge in [0.2, 0.25) is 0 Å². The largest absolute Gasteiger partial charge is 0.465 e. The Hall–Kier alpha value is -0.740. The van der Waals surface area contributed by atoms with Gasteiger partial charge in [0.25, 0.3) is 0 Å². The molecule has 0 fully saturated rings. The number of esters is 1. The van der Waals surface area contributed by atoms with Crippen molar-refractivity contribution in [3.63, 3.8) is 0 Å². The third kappa shape index (κ3) is 1.86. The Bertz CT molecular complexity index is 393. The van der Waals surface area contributed by atoms with Crippen LogP contribution in [0.4, 0.5) is 5.69 Å². The molecule has 1 aromatic rings. The summed E-state index contributed by atoms with van der Waals surface area (Å²) in [5.41, 5.74) is 7.02. The van der Waals surface area contributed by atoms with E-state index in [9.17, 15) is 4.79 Å². The van der Waals surface area contributed by atoms with Gasteiger partial charge in [-0.25, -0.2) is 4.79 Å². The molecule has 0 aliphatic heterocycles. The van der Waals surface area contributed by atoms with Crippen molar-refractivity contribution in [3.05, 3.63) is 26.7 Å². The molecule has 14 heavy (non-hydrogen) atoms. The van der Waals surface area contributed by atoms with Gasteiger partial charge in [0, 0.05) is 10.2 Å². The summed E-state index contributed by atoms with van der Waals surface area (Å²) in [6.07, 6.45) is 0. The minimum absolute atomic E-state index is 0.322. The van der Waals surface area contributed by atoms with E-state index in [1.54, 1.807) is 6.92 Å². The molecule has 2 N–H and O–H groups in total. The van der Waals surface area contributed by atoms with Crippen molar-refractivity contribution in [2.45, 2.75) is 6.92 Å². The molecule has 76 valence electrons. The van der Waals surface area contributed by atoms with Gasteiger partial charge < -0.3 is 10.5 Å². The molecule has 0 bridgehead atoms. The number of halogens is 2. The number of rotatable bonds is 1. The number of benzene rings is 1. The van der Waals surface area contributed by atoms with Crippen LogP contribution >= 0.6 is 27.5 Å². The number of methoxy groups -OCH3 is 1. The molecule has 0 spiro atoms. The number of carbonyl (C=O) groups excluding carboxylic acids is 1. The van der Waals surface area contributed by atoms with E-state index in [2.05, 4.69) is 20.7 Å². The van der Waals surface area contributed by atoms with Gasteiger partial charge in [-0.2, -0.15) is 0 Å². The zero-order valence-electron chi connectivity index (χ0n) is 7.73. The SMILES string of the molecule is COC(=O)c1c(N)cc(Cl)c(Br)c1C. The second-order valence-electron chi connectivity index (χ2n) is 2.75. The molecule has 0 aromatic heterocycles. The summed E-state index contributed by atoms with van der Waals surface area (Å²) in [6.45, 7) is 1.75. The zero-order valence-corrected chi connectivity index (χ0v) is 10.1. The maximum Gasteiger partial charge on any atom is 0.340 e. The first kappa shape index (κ1) is 11.3. The van der Waals surface area contributed by atoms with E-state index in [4.69, 9.17) is 17.3 Å². The van der Waals surface area contributed by atoms with Crippen molar-refractivity contribution in [2.24, 2.45) is 0 Å². The highest BCUT2D eigenvalue weighted by Gasteiger charge is 2.17. The van der Waals surface area contributed by atoms with Gasteiger partial charge in [0.05, 0.1) is 17.7 Å². The van der Waals surface area contributed by atoms with Crippen LogP contribution in [0.3, 0.4) is 0 Å². The number of anilines is 1. The normalized spacial score (nSPS) is 10.0. The minimum atomic E-state index is -0.461. The first-order valence-electron chi connectivity index (χ1n) is 3.81. The molecule has 0 unspecified atom stereocenters. The van der Waals surface area contributed by atoms with Crippen LogP contribution in [0, 0.1) is 6.92 Å². The van der Waals surface area contributed by atoms with Crippen LogP contribution in [0.25, 0.3) is 0 Å². The lowest BCUT2D eigenvalue weighted by atomic mass is 10.1. The second-order valence-corrected chi connectivity index (χ2v) is 3.95. The molecule has 5 heteroatoms. The molecule has 0 radical (unpaired) electrons. The summed E-state index contributed by atoms with van der Waals surface area (Å²) in [6, 6.07) is 1.52. The van der Waals surface area contributed by atoms with E-state index in [1.165, 1.54) is 13.2 Å². The fourth-order valence-corrected chi connectivity index (χ4v) is 1.72. The van der Waals surface area contributed by atoms with Gasteiger partial charge >= 0.3 is 5.97 Å². The first-order chi connectivity index (χ1) is 6.49. The highest BCUT2D eigenvalue weighted by Crippen LogP contribution is 2.32. The molecule has 0 aliphatic carbocycles. The summed E-state index contributed by atoms with van der Waals surface area (Å²) in [5, 5.41) is 0.479. The standard InChI is InChI=1S/C9H9BrClNO2/c1-4-7(9(13)14-2)6(12)3-5(11)8(4)10/h3H,12H2,1-2H3. The molecular formula is C9H9BrClNO2. The molecule has 0 heterocycles. The predicted octanol–water partition coefficient (Wildman–Crippen LogP) is 2.78. The van der Waals surface area contributed by atoms with Crippen molar-refractivity contribution < 1.29 is 9.53 Å². The van der Waals surface area contributed by atoms with E-state index >= 15 is 0 Å². The van der Waals surface area contributed by atoms with Gasteiger partial charge in [0.1, 0.15) is 0 Å². The fraction of sp³-hybridized carbons (Fsp3) is 0.222. The van der Waals surface area contributed by atoms with Crippen LogP contribution in [0.15, 0.2) is 10.5 Å². The second kappa shape index (κ2) is 4.19. The third-order valence-corrected chi connectivity index (χ3v) is 3.42. The Morgan fingerprint density at radius 3 is 2.71 bits per heavy atom. The molecule has 0 saturated carbocycles. The van der Waals surface area contributed by atoms with Crippen molar-refractivity contribution >= 4 is 39.2 Å². The van der Waals surface area contributed by atoms with E-state index in [0.29, 0.717) is 26.3 Å². The van der Waals surface area contributed by atoms with E-state index in [0.717, 1.165) is 0 Å². The minimum Gasteiger partial charge on any atom is -0.465 e. The first-order valence-corrected chi connectivity index (χ1v) is 4.98. The van der Waals surface area contributed by atoms with Crippen LogP contribution in [0.1, 0.15) is 15.9 Å². The molecule has 0 amide bonds. The number of hydrogen-bond donors (Lipinski definition) is 1. The van der Waals surface area contributed by atoms with Crippen LogP contribution < -0.4 is 5.73 Å². The Balaban J connectivity index is 3.44. The topological polar surface area (TPSA) is 52.3 Å². The average Bonchev–Trinajstić information content (AvgIpc) is 2.14. The summed E-state index contributed by atoms with van der Waals surface area (Å²) < 4.78 is 5.27. The van der Waals surface area contributed by atoms with Crippen LogP contribution in [-0.4, -0.2) is 13.1 Å². The summed E-state index contributed by atoms with van der Waals surface area (Å²) >= 11 is 9.13. The van der Waals surface area contributed by atoms with Gasteiger partial charge in [-0.3, -0.25) is 0 Å². The molecule has 1 aromatic carbocycles. The Kier molecular flexibility index (Phi) is 3.39. The smallest absolute Gasteiger partial charge is 0.340 e. The van der Waals surface area contributed by atoms with Crippen molar-refractivity contribution in [3.8, 4) is 0 Å². The van der Waals surface area contributed by atoms with Crippen LogP contribution in [0.2, 0.25) is 5.02 Å². The van der Waals surface area contributed by atoms with Crippen molar-refractivity contribution in [1.29, 1.82) is 0 Å². The molecule has 0 atom stereocenters. The van der Waals surface area contributed by atoms with E-state index < -0.39 is 5.97 Å². The lowest BCUT2D eigenvalue weighted by molar-refractivity contribution is 0.0601. The Morgan fingerprint density at radius 2 is 2.21 bits per heavy atom. The third-order valence-electron chi connectivity index (χ3n) is 1.87. The van der Waals surface area contributed by atoms with Gasteiger partial charge in [-0.05, 0) is 34.5 Å². The van der Waals surface area contributed by atoms with Crippen LogP contribution in [0.5, 0.6) is 0 Å². The quantitative estimate of drug-likeness (QED) is 0.635. The monoisotopic (exact) mass is 277 g/mol. The zero-order chi connectivity index (χ0) is 10.9. The van der Waals surface area contributed by atoms with E-state index in [1.807, 2.05) is 0 Å². The van der Waals surface area contributed by atoms with Crippen LogP contribution in [-0.2, 0) is 4.74 Å². The van der Waals surface area contributed by atoms with Gasteiger partial charge in [0.15, 0.2) is 0 Å². The molecule has 3 nitrogen and oxygen atoms in total. The Labute approximate surface area is 95.3 Å². The average molecular weight is 279 g/mol. The maximum absolute atomic E-state index is 11.4. The number of nitrogens with two attached hydrogens (primary N) is 1. The van der Waals surface area contributed by atoms with Gasteiger partial charge in [-0.15, -0.1) is 0 Å². The molecule has 1 rings (SSSR count). The Morgan fingerprint density at radius 1 is 1.64 bits per heavy atom. The fourth-order valence-electron chi connectivity index (χ4n) is 1.15. The number of nitrogen functional groups attached to an aromatic ring is 1. The highest BCUT2D eigenvalue weighted by atomic mass is 79.9.